The molecular formula is C13H17FN2. The van der Waals surface area contributed by atoms with Crippen LogP contribution < -0.4 is 5.32 Å². The molecule has 2 unspecified atom stereocenters. The molecule has 0 radical (unpaired) electrons. The zero-order valence-corrected chi connectivity index (χ0v) is 9.70. The van der Waals surface area contributed by atoms with Gasteiger partial charge in [0.2, 0.25) is 0 Å². The highest BCUT2D eigenvalue weighted by molar-refractivity contribution is 5.16. The van der Waals surface area contributed by atoms with Crippen molar-refractivity contribution in [3.63, 3.8) is 0 Å². The number of nitriles is 1. The minimum Gasteiger partial charge on any atom is -0.313 e. The third kappa shape index (κ3) is 4.41. The fraction of sp³-hybridized carbons (Fsp3) is 0.462. The van der Waals surface area contributed by atoms with Crippen molar-refractivity contribution in [1.82, 2.24) is 5.32 Å². The van der Waals surface area contributed by atoms with Gasteiger partial charge >= 0.3 is 0 Å². The lowest BCUT2D eigenvalue weighted by Crippen LogP contribution is -2.31. The minimum absolute atomic E-state index is 0.0238. The first-order chi connectivity index (χ1) is 7.61. The van der Waals surface area contributed by atoms with Crippen LogP contribution in [0, 0.1) is 23.1 Å². The van der Waals surface area contributed by atoms with Crippen LogP contribution in [0.5, 0.6) is 0 Å². The van der Waals surface area contributed by atoms with Gasteiger partial charge < -0.3 is 5.32 Å². The number of hydrogen-bond acceptors (Lipinski definition) is 2. The third-order valence-corrected chi connectivity index (χ3v) is 2.45. The topological polar surface area (TPSA) is 35.8 Å². The predicted molar refractivity (Wildman–Crippen MR) is 62.3 cm³/mol. The van der Waals surface area contributed by atoms with Crippen molar-refractivity contribution < 1.29 is 4.39 Å². The number of nitrogens with zero attached hydrogens (tertiary/aromatic N) is 1. The Bertz CT molecular complexity index is 353. The van der Waals surface area contributed by atoms with Gasteiger partial charge in [0.15, 0.2) is 0 Å². The van der Waals surface area contributed by atoms with E-state index in [0.29, 0.717) is 12.6 Å². The van der Waals surface area contributed by atoms with Gasteiger partial charge in [-0.3, -0.25) is 0 Å². The van der Waals surface area contributed by atoms with E-state index in [4.69, 9.17) is 5.26 Å². The minimum atomic E-state index is -0.206. The molecule has 16 heavy (non-hydrogen) atoms. The van der Waals surface area contributed by atoms with Crippen LogP contribution in [-0.2, 0) is 6.42 Å². The van der Waals surface area contributed by atoms with Gasteiger partial charge in [0.1, 0.15) is 5.82 Å². The molecule has 2 nitrogen and oxygen atoms in total. The summed E-state index contributed by atoms with van der Waals surface area (Å²) in [5.74, 6) is -0.182. The van der Waals surface area contributed by atoms with Crippen LogP contribution in [0.1, 0.15) is 19.4 Å². The standard InChI is InChI=1S/C13H17FN2/c1-10(8-15)9-16-11(2)7-12-3-5-13(14)6-4-12/h3-6,10-11,16H,7,9H2,1-2H3. The molecule has 0 fully saturated rings. The summed E-state index contributed by atoms with van der Waals surface area (Å²) in [7, 11) is 0. The molecule has 0 aromatic heterocycles. The zero-order chi connectivity index (χ0) is 12.0. The summed E-state index contributed by atoms with van der Waals surface area (Å²) in [6.07, 6.45) is 0.846. The summed E-state index contributed by atoms with van der Waals surface area (Å²) in [6.45, 7) is 4.64. The van der Waals surface area contributed by atoms with Gasteiger partial charge in [0.25, 0.3) is 0 Å². The van der Waals surface area contributed by atoms with E-state index < -0.39 is 0 Å². The van der Waals surface area contributed by atoms with Crippen LogP contribution in [0.3, 0.4) is 0 Å². The zero-order valence-electron chi connectivity index (χ0n) is 9.70. The molecule has 0 heterocycles. The molecule has 1 N–H and O–H groups in total. The summed E-state index contributed by atoms with van der Waals surface area (Å²) >= 11 is 0. The molecule has 0 aliphatic carbocycles. The predicted octanol–water partition coefficient (Wildman–Crippen LogP) is 2.51. The van der Waals surface area contributed by atoms with Gasteiger partial charge in [0.05, 0.1) is 12.0 Å². The second kappa shape index (κ2) is 6.24. The lowest BCUT2D eigenvalue weighted by atomic mass is 10.1. The summed E-state index contributed by atoms with van der Waals surface area (Å²) < 4.78 is 12.7. The van der Waals surface area contributed by atoms with E-state index in [1.54, 1.807) is 12.1 Å². The van der Waals surface area contributed by atoms with E-state index in [1.807, 2.05) is 6.92 Å². The van der Waals surface area contributed by atoms with Crippen molar-refractivity contribution >= 4 is 0 Å². The van der Waals surface area contributed by atoms with Crippen molar-refractivity contribution in [3.05, 3.63) is 35.6 Å². The van der Waals surface area contributed by atoms with Crippen molar-refractivity contribution in [2.45, 2.75) is 26.3 Å². The average molecular weight is 220 g/mol. The summed E-state index contributed by atoms with van der Waals surface area (Å²) in [4.78, 5) is 0. The fourth-order valence-corrected chi connectivity index (χ4v) is 1.47. The highest BCUT2D eigenvalue weighted by atomic mass is 19.1. The molecule has 0 saturated carbocycles. The Balaban J connectivity index is 2.37. The molecule has 0 aliphatic rings. The lowest BCUT2D eigenvalue weighted by Gasteiger charge is -2.14. The number of halogens is 1. The van der Waals surface area contributed by atoms with Gasteiger partial charge in [-0.15, -0.1) is 0 Å². The molecule has 1 rings (SSSR count). The Kier molecular flexibility index (Phi) is 4.94. The van der Waals surface area contributed by atoms with Gasteiger partial charge in [-0.1, -0.05) is 12.1 Å². The summed E-state index contributed by atoms with van der Waals surface area (Å²) in [5, 5.41) is 11.9. The van der Waals surface area contributed by atoms with Crippen molar-refractivity contribution in [2.75, 3.05) is 6.54 Å². The molecule has 0 bridgehead atoms. The molecule has 0 amide bonds. The number of hydrogen-bond donors (Lipinski definition) is 1. The van der Waals surface area contributed by atoms with Gasteiger partial charge in [-0.05, 0) is 38.0 Å². The van der Waals surface area contributed by atoms with E-state index in [2.05, 4.69) is 18.3 Å². The molecule has 1 aromatic rings. The lowest BCUT2D eigenvalue weighted by molar-refractivity contribution is 0.508. The maximum Gasteiger partial charge on any atom is 0.123 e. The van der Waals surface area contributed by atoms with Gasteiger partial charge in [-0.2, -0.15) is 5.26 Å². The molecule has 0 saturated heterocycles. The Morgan fingerprint density at radius 2 is 1.94 bits per heavy atom. The molecule has 1 aromatic carbocycles. The number of rotatable bonds is 5. The van der Waals surface area contributed by atoms with Crippen LogP contribution in [0.25, 0.3) is 0 Å². The first kappa shape index (κ1) is 12.7. The Hall–Kier alpha value is -1.40. The normalized spacial score (nSPS) is 14.1. The van der Waals surface area contributed by atoms with Crippen LogP contribution in [0.2, 0.25) is 0 Å². The maximum absolute atomic E-state index is 12.7. The van der Waals surface area contributed by atoms with Crippen molar-refractivity contribution in [1.29, 1.82) is 5.26 Å². The Morgan fingerprint density at radius 1 is 1.31 bits per heavy atom. The van der Waals surface area contributed by atoms with E-state index >= 15 is 0 Å². The van der Waals surface area contributed by atoms with Crippen LogP contribution >= 0.6 is 0 Å². The van der Waals surface area contributed by atoms with Crippen LogP contribution in [0.4, 0.5) is 4.39 Å². The Labute approximate surface area is 96.1 Å². The SMILES string of the molecule is CC(C#N)CNC(C)Cc1ccc(F)cc1. The molecule has 2 atom stereocenters. The third-order valence-electron chi connectivity index (χ3n) is 2.45. The van der Waals surface area contributed by atoms with Crippen molar-refractivity contribution in [2.24, 2.45) is 5.92 Å². The van der Waals surface area contributed by atoms with Gasteiger partial charge in [-0.25, -0.2) is 4.39 Å². The summed E-state index contributed by atoms with van der Waals surface area (Å²) in [6, 6.07) is 9.00. The fourth-order valence-electron chi connectivity index (χ4n) is 1.47. The van der Waals surface area contributed by atoms with E-state index in [1.165, 1.54) is 12.1 Å². The first-order valence-electron chi connectivity index (χ1n) is 5.49. The van der Waals surface area contributed by atoms with E-state index in [0.717, 1.165) is 12.0 Å². The summed E-state index contributed by atoms with van der Waals surface area (Å²) in [5.41, 5.74) is 1.10. The molecule has 86 valence electrons. The molecular weight excluding hydrogens is 203 g/mol. The van der Waals surface area contributed by atoms with Crippen LogP contribution in [-0.4, -0.2) is 12.6 Å². The van der Waals surface area contributed by atoms with Crippen molar-refractivity contribution in [3.8, 4) is 6.07 Å². The quantitative estimate of drug-likeness (QED) is 0.827. The first-order valence-corrected chi connectivity index (χ1v) is 5.49. The largest absolute Gasteiger partial charge is 0.313 e. The Morgan fingerprint density at radius 3 is 2.50 bits per heavy atom. The van der Waals surface area contributed by atoms with Gasteiger partial charge in [0, 0.05) is 12.6 Å². The van der Waals surface area contributed by atoms with E-state index in [-0.39, 0.29) is 11.7 Å². The molecule has 0 spiro atoms. The smallest absolute Gasteiger partial charge is 0.123 e. The van der Waals surface area contributed by atoms with E-state index in [9.17, 15) is 4.39 Å². The highest BCUT2D eigenvalue weighted by Gasteiger charge is 2.05. The second-order valence-electron chi connectivity index (χ2n) is 4.17. The highest BCUT2D eigenvalue weighted by Crippen LogP contribution is 2.05. The molecule has 3 heteroatoms. The van der Waals surface area contributed by atoms with Crippen LogP contribution in [0.15, 0.2) is 24.3 Å². The number of nitrogens with one attached hydrogen (secondary N) is 1. The monoisotopic (exact) mass is 220 g/mol. The number of benzene rings is 1. The maximum atomic E-state index is 12.7. The molecule has 0 aliphatic heterocycles. The second-order valence-corrected chi connectivity index (χ2v) is 4.17. The average Bonchev–Trinajstić information content (AvgIpc) is 2.29.